The Labute approximate surface area is 173 Å². The summed E-state index contributed by atoms with van der Waals surface area (Å²) in [6.07, 6.45) is 6.63. The summed E-state index contributed by atoms with van der Waals surface area (Å²) in [5, 5.41) is 16.1. The van der Waals surface area contributed by atoms with Crippen LogP contribution in [0.2, 0.25) is 0 Å². The Hall–Kier alpha value is -3.56. The number of tetrazole rings is 1. The third-order valence-electron chi connectivity index (χ3n) is 4.69. The van der Waals surface area contributed by atoms with Crippen LogP contribution < -0.4 is 10.6 Å². The molecular formula is C20H24N6O4. The number of amides is 3. The Morgan fingerprint density at radius 3 is 2.57 bits per heavy atom. The van der Waals surface area contributed by atoms with Crippen LogP contribution in [0.3, 0.4) is 0 Å². The molecule has 0 aliphatic heterocycles. The van der Waals surface area contributed by atoms with Gasteiger partial charge in [0.15, 0.2) is 18.1 Å². The van der Waals surface area contributed by atoms with Crippen LogP contribution in [0.25, 0.3) is 11.8 Å². The molecule has 1 aliphatic carbocycles. The van der Waals surface area contributed by atoms with Crippen LogP contribution in [0, 0.1) is 6.92 Å². The highest BCUT2D eigenvalue weighted by Gasteiger charge is 2.21. The molecule has 30 heavy (non-hydrogen) atoms. The number of rotatable bonds is 6. The van der Waals surface area contributed by atoms with Gasteiger partial charge in [-0.2, -0.15) is 4.68 Å². The number of benzene rings is 1. The largest absolute Gasteiger partial charge is 0.451 e. The van der Waals surface area contributed by atoms with E-state index >= 15 is 0 Å². The molecule has 1 aliphatic rings. The fourth-order valence-electron chi connectivity index (χ4n) is 3.20. The normalized spacial score (nSPS) is 14.8. The van der Waals surface area contributed by atoms with E-state index in [9.17, 15) is 14.4 Å². The van der Waals surface area contributed by atoms with Crippen LogP contribution >= 0.6 is 0 Å². The second kappa shape index (κ2) is 10.3. The molecule has 3 rings (SSSR count). The molecular weight excluding hydrogens is 388 g/mol. The zero-order chi connectivity index (χ0) is 21.3. The van der Waals surface area contributed by atoms with E-state index in [2.05, 4.69) is 26.2 Å². The van der Waals surface area contributed by atoms with Crippen molar-refractivity contribution in [1.82, 2.24) is 30.8 Å². The second-order valence-corrected chi connectivity index (χ2v) is 7.01. The number of nitrogens with one attached hydrogen (secondary N) is 2. The summed E-state index contributed by atoms with van der Waals surface area (Å²) in [6, 6.07) is 8.57. The number of ether oxygens (including phenoxy) is 1. The molecule has 2 aromatic rings. The summed E-state index contributed by atoms with van der Waals surface area (Å²) >= 11 is 0. The Kier molecular flexibility index (Phi) is 7.25. The Balaban J connectivity index is 1.59. The minimum absolute atomic E-state index is 0.0446. The number of nitrogens with zero attached hydrogens (tertiary/aromatic N) is 4. The van der Waals surface area contributed by atoms with Gasteiger partial charge in [-0.25, -0.2) is 9.59 Å². The lowest BCUT2D eigenvalue weighted by Gasteiger charge is -2.22. The van der Waals surface area contributed by atoms with Crippen molar-refractivity contribution in [3.63, 3.8) is 0 Å². The van der Waals surface area contributed by atoms with Gasteiger partial charge in [0.25, 0.3) is 5.91 Å². The maximum absolute atomic E-state index is 12.6. The number of esters is 1. The van der Waals surface area contributed by atoms with Crippen molar-refractivity contribution < 1.29 is 19.1 Å². The minimum atomic E-state index is -0.794. The number of carbonyl (C=O) groups is 3. The van der Waals surface area contributed by atoms with Crippen molar-refractivity contribution in [3.8, 4) is 0 Å². The number of hydrogen-bond donors (Lipinski definition) is 2. The van der Waals surface area contributed by atoms with Gasteiger partial charge in [0.2, 0.25) is 0 Å². The third-order valence-corrected chi connectivity index (χ3v) is 4.69. The SMILES string of the molecule is Cc1nnnn1/C(=C\c1ccccc1)C(=O)OCC(=O)NC(=O)NC1CCCCC1. The molecule has 1 aromatic carbocycles. The molecule has 0 bridgehead atoms. The van der Waals surface area contributed by atoms with Crippen LogP contribution in [-0.2, 0) is 14.3 Å². The highest BCUT2D eigenvalue weighted by Crippen LogP contribution is 2.17. The first-order chi connectivity index (χ1) is 14.5. The predicted molar refractivity (Wildman–Crippen MR) is 108 cm³/mol. The summed E-state index contributed by atoms with van der Waals surface area (Å²) < 4.78 is 6.32. The standard InChI is InChI=1S/C20H24N6O4/c1-14-23-24-25-26(14)17(12-15-8-4-2-5-9-15)19(28)30-13-18(27)22-20(29)21-16-10-6-3-7-11-16/h2,4-5,8-9,12,16H,3,6-7,10-11,13H2,1H3,(H2,21,22,27,29)/b17-12-. The maximum Gasteiger partial charge on any atom is 0.357 e. The first kappa shape index (κ1) is 21.2. The van der Waals surface area contributed by atoms with Crippen molar-refractivity contribution in [2.75, 3.05) is 6.61 Å². The summed E-state index contributed by atoms with van der Waals surface area (Å²) in [5.74, 6) is -1.13. The molecule has 2 N–H and O–H groups in total. The van der Waals surface area contributed by atoms with Crippen LogP contribution in [0.15, 0.2) is 30.3 Å². The molecule has 0 radical (unpaired) electrons. The first-order valence-corrected chi connectivity index (χ1v) is 9.82. The molecule has 10 nitrogen and oxygen atoms in total. The zero-order valence-corrected chi connectivity index (χ0v) is 16.7. The smallest absolute Gasteiger partial charge is 0.357 e. The highest BCUT2D eigenvalue weighted by molar-refractivity contribution is 6.15. The Morgan fingerprint density at radius 2 is 1.90 bits per heavy atom. The van der Waals surface area contributed by atoms with Crippen LogP contribution in [-0.4, -0.2) is 50.8 Å². The van der Waals surface area contributed by atoms with Gasteiger partial charge in [0.1, 0.15) is 0 Å². The van der Waals surface area contributed by atoms with E-state index in [4.69, 9.17) is 4.74 Å². The molecule has 0 saturated heterocycles. The van der Waals surface area contributed by atoms with E-state index in [1.807, 2.05) is 18.2 Å². The fraction of sp³-hybridized carbons (Fsp3) is 0.400. The number of hydrogen-bond acceptors (Lipinski definition) is 7. The van der Waals surface area contributed by atoms with Gasteiger partial charge in [0.05, 0.1) is 0 Å². The summed E-state index contributed by atoms with van der Waals surface area (Å²) in [4.78, 5) is 36.6. The van der Waals surface area contributed by atoms with Gasteiger partial charge in [-0.05, 0) is 41.8 Å². The van der Waals surface area contributed by atoms with E-state index in [0.717, 1.165) is 37.7 Å². The van der Waals surface area contributed by atoms with Gasteiger partial charge in [-0.1, -0.05) is 49.6 Å². The molecule has 10 heteroatoms. The molecule has 1 fully saturated rings. The number of carbonyl (C=O) groups excluding carboxylic acids is 3. The van der Waals surface area contributed by atoms with Gasteiger partial charge in [0, 0.05) is 6.04 Å². The Bertz CT molecular complexity index is 918. The second-order valence-electron chi connectivity index (χ2n) is 7.01. The minimum Gasteiger partial charge on any atom is -0.451 e. The number of aryl methyl sites for hydroxylation is 1. The van der Waals surface area contributed by atoms with Crippen molar-refractivity contribution >= 4 is 29.7 Å². The molecule has 158 valence electrons. The molecule has 1 aromatic heterocycles. The van der Waals surface area contributed by atoms with E-state index in [-0.39, 0.29) is 11.7 Å². The average molecular weight is 412 g/mol. The predicted octanol–water partition coefficient (Wildman–Crippen LogP) is 1.68. The van der Waals surface area contributed by atoms with Crippen molar-refractivity contribution in [1.29, 1.82) is 0 Å². The average Bonchev–Trinajstić information content (AvgIpc) is 3.17. The van der Waals surface area contributed by atoms with Crippen LogP contribution in [0.1, 0.15) is 43.5 Å². The third kappa shape index (κ3) is 5.97. The van der Waals surface area contributed by atoms with Crippen LogP contribution in [0.5, 0.6) is 0 Å². The Morgan fingerprint density at radius 1 is 1.17 bits per heavy atom. The van der Waals surface area contributed by atoms with Gasteiger partial charge in [-0.15, -0.1) is 5.10 Å². The van der Waals surface area contributed by atoms with E-state index < -0.39 is 24.5 Å². The van der Waals surface area contributed by atoms with E-state index in [1.165, 1.54) is 4.68 Å². The molecule has 0 atom stereocenters. The van der Waals surface area contributed by atoms with Gasteiger partial charge in [-0.3, -0.25) is 10.1 Å². The lowest BCUT2D eigenvalue weighted by atomic mass is 9.96. The monoisotopic (exact) mass is 412 g/mol. The summed E-state index contributed by atoms with van der Waals surface area (Å²) in [7, 11) is 0. The number of urea groups is 1. The fourth-order valence-corrected chi connectivity index (χ4v) is 3.20. The zero-order valence-electron chi connectivity index (χ0n) is 16.7. The van der Waals surface area contributed by atoms with Crippen LogP contribution in [0.4, 0.5) is 4.79 Å². The van der Waals surface area contributed by atoms with E-state index in [1.54, 1.807) is 25.1 Å². The van der Waals surface area contributed by atoms with Crippen molar-refractivity contribution in [2.45, 2.75) is 45.1 Å². The maximum atomic E-state index is 12.6. The summed E-state index contributed by atoms with van der Waals surface area (Å²) in [5.41, 5.74) is 0.777. The molecule has 1 heterocycles. The molecule has 1 saturated carbocycles. The topological polar surface area (TPSA) is 128 Å². The van der Waals surface area contributed by atoms with Gasteiger partial charge < -0.3 is 10.1 Å². The quantitative estimate of drug-likeness (QED) is 0.546. The first-order valence-electron chi connectivity index (χ1n) is 9.82. The highest BCUT2D eigenvalue weighted by atomic mass is 16.5. The van der Waals surface area contributed by atoms with Gasteiger partial charge >= 0.3 is 12.0 Å². The number of aromatic nitrogens is 4. The molecule has 0 spiro atoms. The molecule has 0 unspecified atom stereocenters. The molecule has 3 amide bonds. The van der Waals surface area contributed by atoms with E-state index in [0.29, 0.717) is 5.82 Å². The summed E-state index contributed by atoms with van der Waals surface area (Å²) in [6.45, 7) is 1.03. The van der Waals surface area contributed by atoms with Crippen molar-refractivity contribution in [2.24, 2.45) is 0 Å². The lowest BCUT2D eigenvalue weighted by Crippen LogP contribution is -2.46. The lowest BCUT2D eigenvalue weighted by molar-refractivity contribution is -0.142. The van der Waals surface area contributed by atoms with Crippen molar-refractivity contribution in [3.05, 3.63) is 41.7 Å². The number of imide groups is 1.